The first-order chi connectivity index (χ1) is 6.63. The third kappa shape index (κ3) is 1.35. The standard InChI is InChI=1S/C12H13NO/c1-12(2,8-13)10-3-4-11-9(7-10)5-6-14-11/h3-4,7H,5-6H2,1-2H3. The van der Waals surface area contributed by atoms with Gasteiger partial charge in [0, 0.05) is 6.42 Å². The van der Waals surface area contributed by atoms with E-state index in [-0.39, 0.29) is 0 Å². The van der Waals surface area contributed by atoms with Gasteiger partial charge in [-0.15, -0.1) is 0 Å². The lowest BCUT2D eigenvalue weighted by molar-refractivity contribution is 0.356. The van der Waals surface area contributed by atoms with Crippen LogP contribution in [0.1, 0.15) is 25.0 Å². The van der Waals surface area contributed by atoms with Crippen molar-refractivity contribution in [2.45, 2.75) is 25.7 Å². The van der Waals surface area contributed by atoms with E-state index >= 15 is 0 Å². The van der Waals surface area contributed by atoms with Crippen molar-refractivity contribution in [2.24, 2.45) is 0 Å². The highest BCUT2D eigenvalue weighted by atomic mass is 16.5. The van der Waals surface area contributed by atoms with Gasteiger partial charge in [0.25, 0.3) is 0 Å². The van der Waals surface area contributed by atoms with Crippen molar-refractivity contribution < 1.29 is 4.74 Å². The lowest BCUT2D eigenvalue weighted by Gasteiger charge is -2.16. The fraction of sp³-hybridized carbons (Fsp3) is 0.417. The highest BCUT2D eigenvalue weighted by molar-refractivity contribution is 5.43. The molecule has 0 saturated carbocycles. The van der Waals surface area contributed by atoms with Gasteiger partial charge in [-0.05, 0) is 31.0 Å². The van der Waals surface area contributed by atoms with Crippen LogP contribution in [0.2, 0.25) is 0 Å². The van der Waals surface area contributed by atoms with Crippen LogP contribution in [-0.4, -0.2) is 6.61 Å². The highest BCUT2D eigenvalue weighted by Crippen LogP contribution is 2.30. The minimum Gasteiger partial charge on any atom is -0.493 e. The Morgan fingerprint density at radius 1 is 1.43 bits per heavy atom. The fourth-order valence-electron chi connectivity index (χ4n) is 1.64. The summed E-state index contributed by atoms with van der Waals surface area (Å²) in [6, 6.07) is 8.35. The Kier molecular flexibility index (Phi) is 1.96. The zero-order chi connectivity index (χ0) is 10.2. The van der Waals surface area contributed by atoms with E-state index in [4.69, 9.17) is 10.00 Å². The van der Waals surface area contributed by atoms with E-state index < -0.39 is 5.41 Å². The summed E-state index contributed by atoms with van der Waals surface area (Å²) in [5.41, 5.74) is 1.90. The molecular weight excluding hydrogens is 174 g/mol. The van der Waals surface area contributed by atoms with Gasteiger partial charge in [0.1, 0.15) is 5.75 Å². The molecule has 0 spiro atoms. The normalized spacial score (nSPS) is 14.4. The summed E-state index contributed by atoms with van der Waals surface area (Å²) in [4.78, 5) is 0. The van der Waals surface area contributed by atoms with E-state index in [0.29, 0.717) is 0 Å². The van der Waals surface area contributed by atoms with Crippen LogP contribution in [-0.2, 0) is 11.8 Å². The van der Waals surface area contributed by atoms with Crippen LogP contribution in [0.5, 0.6) is 5.75 Å². The predicted molar refractivity (Wildman–Crippen MR) is 54.3 cm³/mol. The van der Waals surface area contributed by atoms with Crippen molar-refractivity contribution in [3.63, 3.8) is 0 Å². The van der Waals surface area contributed by atoms with Crippen LogP contribution < -0.4 is 4.74 Å². The molecule has 0 fully saturated rings. The van der Waals surface area contributed by atoms with Crippen LogP contribution in [0.3, 0.4) is 0 Å². The average molecular weight is 187 g/mol. The number of ether oxygens (including phenoxy) is 1. The molecule has 1 aromatic rings. The second-order valence-corrected chi connectivity index (χ2v) is 4.16. The molecule has 0 unspecified atom stereocenters. The maximum absolute atomic E-state index is 9.01. The van der Waals surface area contributed by atoms with E-state index in [9.17, 15) is 0 Å². The van der Waals surface area contributed by atoms with Gasteiger partial charge in [-0.25, -0.2) is 0 Å². The summed E-state index contributed by atoms with van der Waals surface area (Å²) in [5, 5.41) is 9.01. The van der Waals surface area contributed by atoms with Gasteiger partial charge in [0.2, 0.25) is 0 Å². The van der Waals surface area contributed by atoms with Crippen LogP contribution in [0.4, 0.5) is 0 Å². The molecule has 0 bridgehead atoms. The number of hydrogen-bond acceptors (Lipinski definition) is 2. The van der Waals surface area contributed by atoms with Crippen molar-refractivity contribution in [3.8, 4) is 11.8 Å². The molecule has 1 aliphatic rings. The fourth-order valence-corrected chi connectivity index (χ4v) is 1.64. The maximum Gasteiger partial charge on any atom is 0.122 e. The molecular formula is C12H13NO. The highest BCUT2D eigenvalue weighted by Gasteiger charge is 2.22. The van der Waals surface area contributed by atoms with Crippen LogP contribution in [0.15, 0.2) is 18.2 Å². The molecule has 2 nitrogen and oxygen atoms in total. The van der Waals surface area contributed by atoms with Crippen molar-refractivity contribution in [1.29, 1.82) is 5.26 Å². The molecule has 0 saturated heterocycles. The Morgan fingerprint density at radius 2 is 2.21 bits per heavy atom. The zero-order valence-electron chi connectivity index (χ0n) is 8.50. The van der Waals surface area contributed by atoms with E-state index in [1.165, 1.54) is 5.56 Å². The molecule has 72 valence electrons. The Morgan fingerprint density at radius 3 is 2.93 bits per heavy atom. The quantitative estimate of drug-likeness (QED) is 0.676. The molecule has 1 aliphatic heterocycles. The topological polar surface area (TPSA) is 33.0 Å². The molecule has 1 heterocycles. The first-order valence-electron chi connectivity index (χ1n) is 4.81. The molecule has 0 aromatic heterocycles. The first kappa shape index (κ1) is 9.08. The molecule has 0 radical (unpaired) electrons. The minimum absolute atomic E-state index is 0.405. The second kappa shape index (κ2) is 3.02. The van der Waals surface area contributed by atoms with Crippen LogP contribution in [0.25, 0.3) is 0 Å². The molecule has 0 N–H and O–H groups in total. The molecule has 1 aromatic carbocycles. The number of hydrogen-bond donors (Lipinski definition) is 0. The predicted octanol–water partition coefficient (Wildman–Crippen LogP) is 2.42. The largest absolute Gasteiger partial charge is 0.493 e. The number of rotatable bonds is 1. The summed E-state index contributed by atoms with van der Waals surface area (Å²) >= 11 is 0. The Bertz CT molecular complexity index is 401. The Labute approximate surface area is 84.1 Å². The lowest BCUT2D eigenvalue weighted by atomic mass is 9.85. The van der Waals surface area contributed by atoms with Gasteiger partial charge in [-0.2, -0.15) is 5.26 Å². The smallest absolute Gasteiger partial charge is 0.122 e. The molecule has 0 atom stereocenters. The minimum atomic E-state index is -0.405. The summed E-state index contributed by atoms with van der Waals surface area (Å²) in [6.45, 7) is 4.64. The molecule has 2 heteroatoms. The maximum atomic E-state index is 9.01. The third-order valence-corrected chi connectivity index (χ3v) is 2.69. The van der Waals surface area contributed by atoms with Gasteiger partial charge in [-0.3, -0.25) is 0 Å². The SMILES string of the molecule is CC(C)(C#N)c1ccc2c(c1)CCO2. The number of nitriles is 1. The summed E-state index contributed by atoms with van der Waals surface area (Å²) in [6.07, 6.45) is 0.963. The van der Waals surface area contributed by atoms with Crippen molar-refractivity contribution in [1.82, 2.24) is 0 Å². The van der Waals surface area contributed by atoms with Gasteiger partial charge >= 0.3 is 0 Å². The number of fused-ring (bicyclic) bond motifs is 1. The van der Waals surface area contributed by atoms with Crippen molar-refractivity contribution in [3.05, 3.63) is 29.3 Å². The summed E-state index contributed by atoms with van der Waals surface area (Å²) in [7, 11) is 0. The second-order valence-electron chi connectivity index (χ2n) is 4.16. The first-order valence-corrected chi connectivity index (χ1v) is 4.81. The molecule has 2 rings (SSSR count). The number of nitrogens with zero attached hydrogens (tertiary/aromatic N) is 1. The molecule has 0 amide bonds. The zero-order valence-corrected chi connectivity index (χ0v) is 8.50. The summed E-state index contributed by atoms with van der Waals surface area (Å²) < 4.78 is 5.42. The van der Waals surface area contributed by atoms with E-state index in [1.807, 2.05) is 26.0 Å². The molecule has 0 aliphatic carbocycles. The average Bonchev–Trinajstić information content (AvgIpc) is 2.64. The van der Waals surface area contributed by atoms with Crippen molar-refractivity contribution >= 4 is 0 Å². The van der Waals surface area contributed by atoms with Crippen molar-refractivity contribution in [2.75, 3.05) is 6.61 Å². The van der Waals surface area contributed by atoms with Crippen LogP contribution >= 0.6 is 0 Å². The van der Waals surface area contributed by atoms with Gasteiger partial charge in [-0.1, -0.05) is 12.1 Å². The van der Waals surface area contributed by atoms with E-state index in [1.54, 1.807) is 0 Å². The Balaban J connectivity index is 2.44. The third-order valence-electron chi connectivity index (χ3n) is 2.69. The van der Waals surface area contributed by atoms with Gasteiger partial charge in [0.05, 0.1) is 18.1 Å². The van der Waals surface area contributed by atoms with E-state index in [0.717, 1.165) is 24.3 Å². The van der Waals surface area contributed by atoms with Crippen LogP contribution in [0, 0.1) is 11.3 Å². The van der Waals surface area contributed by atoms with E-state index in [2.05, 4.69) is 12.1 Å². The number of benzene rings is 1. The van der Waals surface area contributed by atoms with Gasteiger partial charge in [0.15, 0.2) is 0 Å². The summed E-state index contributed by atoms with van der Waals surface area (Å²) in [5.74, 6) is 0.975. The monoisotopic (exact) mass is 187 g/mol. The molecule has 14 heavy (non-hydrogen) atoms. The lowest BCUT2D eigenvalue weighted by Crippen LogP contribution is -2.13. The van der Waals surface area contributed by atoms with Gasteiger partial charge < -0.3 is 4.74 Å². The Hall–Kier alpha value is -1.49.